The standard InChI is InChI=1S/C12H24N2O/c1-9(15)5-6-14(2)12-7-10-3-4-11(8-12)13-10/h9-13,15H,3-8H2,1-2H3. The molecule has 0 spiro atoms. The molecule has 0 aromatic carbocycles. The van der Waals surface area contributed by atoms with Crippen LogP contribution in [0.5, 0.6) is 0 Å². The summed E-state index contributed by atoms with van der Waals surface area (Å²) in [6, 6.07) is 2.27. The van der Waals surface area contributed by atoms with Gasteiger partial charge in [-0.1, -0.05) is 0 Å². The average molecular weight is 212 g/mol. The first-order valence-corrected chi connectivity index (χ1v) is 6.29. The molecule has 2 aliphatic rings. The second kappa shape index (κ2) is 4.81. The molecule has 2 heterocycles. The van der Waals surface area contributed by atoms with Gasteiger partial charge in [0, 0.05) is 24.7 Å². The van der Waals surface area contributed by atoms with E-state index in [1.807, 2.05) is 6.92 Å². The zero-order valence-electron chi connectivity index (χ0n) is 9.95. The molecule has 3 nitrogen and oxygen atoms in total. The molecule has 0 saturated carbocycles. The van der Waals surface area contributed by atoms with E-state index < -0.39 is 0 Å². The van der Waals surface area contributed by atoms with Crippen LogP contribution in [0.3, 0.4) is 0 Å². The lowest BCUT2D eigenvalue weighted by Crippen LogP contribution is -2.47. The Morgan fingerprint density at radius 2 is 1.93 bits per heavy atom. The van der Waals surface area contributed by atoms with E-state index in [-0.39, 0.29) is 6.10 Å². The van der Waals surface area contributed by atoms with Crippen LogP contribution in [-0.4, -0.2) is 47.8 Å². The van der Waals surface area contributed by atoms with E-state index in [0.717, 1.165) is 31.1 Å². The Morgan fingerprint density at radius 3 is 2.47 bits per heavy atom. The molecule has 0 aromatic heterocycles. The van der Waals surface area contributed by atoms with Crippen LogP contribution in [0.25, 0.3) is 0 Å². The van der Waals surface area contributed by atoms with Gasteiger partial charge in [0.05, 0.1) is 6.10 Å². The molecule has 15 heavy (non-hydrogen) atoms. The number of piperidine rings is 1. The summed E-state index contributed by atoms with van der Waals surface area (Å²) in [5.41, 5.74) is 0. The van der Waals surface area contributed by atoms with E-state index in [4.69, 9.17) is 0 Å². The Bertz CT molecular complexity index is 196. The van der Waals surface area contributed by atoms with Crippen LogP contribution >= 0.6 is 0 Å². The third-order valence-electron chi connectivity index (χ3n) is 3.97. The van der Waals surface area contributed by atoms with Crippen molar-refractivity contribution < 1.29 is 5.11 Å². The van der Waals surface area contributed by atoms with Crippen molar-refractivity contribution in [1.82, 2.24) is 10.2 Å². The van der Waals surface area contributed by atoms with Crippen LogP contribution in [0, 0.1) is 0 Å². The molecule has 2 saturated heterocycles. The lowest BCUT2D eigenvalue weighted by Gasteiger charge is -2.35. The normalized spacial score (nSPS) is 37.2. The summed E-state index contributed by atoms with van der Waals surface area (Å²) in [6.07, 6.45) is 6.07. The minimum absolute atomic E-state index is 0.161. The zero-order valence-corrected chi connectivity index (χ0v) is 9.95. The van der Waals surface area contributed by atoms with Crippen molar-refractivity contribution in [2.75, 3.05) is 13.6 Å². The molecule has 2 rings (SSSR count). The fourth-order valence-electron chi connectivity index (χ4n) is 2.96. The van der Waals surface area contributed by atoms with Crippen LogP contribution in [0.4, 0.5) is 0 Å². The molecular weight excluding hydrogens is 188 g/mol. The molecule has 3 atom stereocenters. The molecule has 88 valence electrons. The van der Waals surface area contributed by atoms with Crippen LogP contribution < -0.4 is 5.32 Å². The molecule has 3 unspecified atom stereocenters. The van der Waals surface area contributed by atoms with E-state index in [1.54, 1.807) is 0 Å². The van der Waals surface area contributed by atoms with Crippen molar-refractivity contribution in [3.05, 3.63) is 0 Å². The molecule has 2 bridgehead atoms. The average Bonchev–Trinajstić information content (AvgIpc) is 2.54. The number of fused-ring (bicyclic) bond motifs is 2. The number of aliphatic hydroxyl groups excluding tert-OH is 1. The fraction of sp³-hybridized carbons (Fsp3) is 1.00. The summed E-state index contributed by atoms with van der Waals surface area (Å²) >= 11 is 0. The smallest absolute Gasteiger partial charge is 0.0524 e. The monoisotopic (exact) mass is 212 g/mol. The Hall–Kier alpha value is -0.120. The quantitative estimate of drug-likeness (QED) is 0.729. The molecule has 3 heteroatoms. The number of nitrogens with zero attached hydrogens (tertiary/aromatic N) is 1. The maximum Gasteiger partial charge on any atom is 0.0524 e. The van der Waals surface area contributed by atoms with Crippen molar-refractivity contribution in [2.45, 2.75) is 63.3 Å². The minimum atomic E-state index is -0.161. The van der Waals surface area contributed by atoms with Gasteiger partial charge in [-0.2, -0.15) is 0 Å². The molecular formula is C12H24N2O. The molecule has 0 aromatic rings. The van der Waals surface area contributed by atoms with Crippen LogP contribution in [0.1, 0.15) is 39.0 Å². The summed E-state index contributed by atoms with van der Waals surface area (Å²) in [5, 5.41) is 12.9. The summed E-state index contributed by atoms with van der Waals surface area (Å²) in [6.45, 7) is 2.90. The topological polar surface area (TPSA) is 35.5 Å². The highest BCUT2D eigenvalue weighted by atomic mass is 16.3. The second-order valence-electron chi connectivity index (χ2n) is 5.38. The first kappa shape index (κ1) is 11.4. The largest absolute Gasteiger partial charge is 0.393 e. The van der Waals surface area contributed by atoms with E-state index in [2.05, 4.69) is 17.3 Å². The summed E-state index contributed by atoms with van der Waals surface area (Å²) in [4.78, 5) is 2.44. The lowest BCUT2D eigenvalue weighted by atomic mass is 9.98. The molecule has 0 aliphatic carbocycles. The van der Waals surface area contributed by atoms with Gasteiger partial charge in [0.1, 0.15) is 0 Å². The van der Waals surface area contributed by atoms with Gasteiger partial charge < -0.3 is 15.3 Å². The van der Waals surface area contributed by atoms with Crippen LogP contribution in [0.2, 0.25) is 0 Å². The molecule has 2 fully saturated rings. The number of aliphatic hydroxyl groups is 1. The Balaban J connectivity index is 1.78. The van der Waals surface area contributed by atoms with Gasteiger partial charge in [-0.3, -0.25) is 0 Å². The van der Waals surface area contributed by atoms with E-state index in [9.17, 15) is 5.11 Å². The maximum atomic E-state index is 9.28. The predicted octanol–water partition coefficient (Wildman–Crippen LogP) is 0.972. The van der Waals surface area contributed by atoms with Gasteiger partial charge >= 0.3 is 0 Å². The van der Waals surface area contributed by atoms with Gasteiger partial charge in [0.2, 0.25) is 0 Å². The van der Waals surface area contributed by atoms with Gasteiger partial charge in [-0.05, 0) is 46.1 Å². The fourth-order valence-corrected chi connectivity index (χ4v) is 2.96. The van der Waals surface area contributed by atoms with Gasteiger partial charge in [-0.15, -0.1) is 0 Å². The Morgan fingerprint density at radius 1 is 1.33 bits per heavy atom. The highest BCUT2D eigenvalue weighted by Crippen LogP contribution is 2.29. The maximum absolute atomic E-state index is 9.28. The SMILES string of the molecule is CC(O)CCN(C)C1CC2CCC(C1)N2. The number of nitrogens with one attached hydrogen (secondary N) is 1. The molecule has 0 radical (unpaired) electrons. The Labute approximate surface area is 92.8 Å². The predicted molar refractivity (Wildman–Crippen MR) is 61.9 cm³/mol. The first-order valence-electron chi connectivity index (χ1n) is 6.29. The van der Waals surface area contributed by atoms with Crippen molar-refractivity contribution >= 4 is 0 Å². The van der Waals surface area contributed by atoms with Crippen molar-refractivity contribution in [3.63, 3.8) is 0 Å². The highest BCUT2D eigenvalue weighted by Gasteiger charge is 2.34. The molecule has 2 aliphatic heterocycles. The lowest BCUT2D eigenvalue weighted by molar-refractivity contribution is 0.129. The van der Waals surface area contributed by atoms with Crippen molar-refractivity contribution in [3.8, 4) is 0 Å². The number of hydrogen-bond donors (Lipinski definition) is 2. The van der Waals surface area contributed by atoms with Crippen molar-refractivity contribution in [1.29, 1.82) is 0 Å². The van der Waals surface area contributed by atoms with Crippen LogP contribution in [0.15, 0.2) is 0 Å². The third-order valence-corrected chi connectivity index (χ3v) is 3.97. The van der Waals surface area contributed by atoms with Crippen LogP contribution in [-0.2, 0) is 0 Å². The number of rotatable bonds is 4. The Kier molecular flexibility index (Phi) is 3.65. The summed E-state index contributed by atoms with van der Waals surface area (Å²) < 4.78 is 0. The number of hydrogen-bond acceptors (Lipinski definition) is 3. The second-order valence-corrected chi connectivity index (χ2v) is 5.38. The highest BCUT2D eigenvalue weighted by molar-refractivity contribution is 4.95. The summed E-state index contributed by atoms with van der Waals surface area (Å²) in [7, 11) is 2.21. The third kappa shape index (κ3) is 2.92. The van der Waals surface area contributed by atoms with Crippen molar-refractivity contribution in [2.24, 2.45) is 0 Å². The summed E-state index contributed by atoms with van der Waals surface area (Å²) in [5.74, 6) is 0. The van der Waals surface area contributed by atoms with E-state index >= 15 is 0 Å². The van der Waals surface area contributed by atoms with Gasteiger partial charge in [0.15, 0.2) is 0 Å². The van der Waals surface area contributed by atoms with Gasteiger partial charge in [-0.25, -0.2) is 0 Å². The van der Waals surface area contributed by atoms with E-state index in [1.165, 1.54) is 25.7 Å². The molecule has 2 N–H and O–H groups in total. The van der Waals surface area contributed by atoms with E-state index in [0.29, 0.717) is 0 Å². The molecule has 0 amide bonds. The first-order chi connectivity index (χ1) is 7.15. The van der Waals surface area contributed by atoms with Gasteiger partial charge in [0.25, 0.3) is 0 Å². The minimum Gasteiger partial charge on any atom is -0.393 e. The zero-order chi connectivity index (χ0) is 10.8.